The van der Waals surface area contributed by atoms with Crippen molar-refractivity contribution in [2.24, 2.45) is 5.92 Å². The maximum Gasteiger partial charge on any atom is 0.320 e. The summed E-state index contributed by atoms with van der Waals surface area (Å²) >= 11 is 0. The van der Waals surface area contributed by atoms with Crippen molar-refractivity contribution in [3.63, 3.8) is 0 Å². The van der Waals surface area contributed by atoms with Gasteiger partial charge in [-0.3, -0.25) is 9.59 Å². The molecule has 1 unspecified atom stereocenters. The molecular formula is C6H9O4. The van der Waals surface area contributed by atoms with Gasteiger partial charge < -0.3 is 9.84 Å². The topological polar surface area (TPSA) is 63.6 Å². The summed E-state index contributed by atoms with van der Waals surface area (Å²) in [4.78, 5) is 20.7. The average molecular weight is 145 g/mol. The van der Waals surface area contributed by atoms with E-state index >= 15 is 0 Å². The van der Waals surface area contributed by atoms with Gasteiger partial charge >= 0.3 is 11.9 Å². The van der Waals surface area contributed by atoms with Gasteiger partial charge in [0, 0.05) is 0 Å². The lowest BCUT2D eigenvalue weighted by Gasteiger charge is -2.04. The standard InChI is InChI=1S/C6H9O4/c1-3-4(5(7)8)6(9)10-2/h4H,1,3H2,2H3,(H,7,8). The fourth-order valence-corrected chi connectivity index (χ4v) is 0.484. The number of aliphatic carboxylic acids is 1. The summed E-state index contributed by atoms with van der Waals surface area (Å²) in [6.07, 6.45) is 0.0159. The summed E-state index contributed by atoms with van der Waals surface area (Å²) in [5.41, 5.74) is 0. The number of esters is 1. The normalized spacial score (nSPS) is 12.2. The third-order valence-corrected chi connectivity index (χ3v) is 1.07. The number of rotatable bonds is 3. The van der Waals surface area contributed by atoms with Gasteiger partial charge in [-0.15, -0.1) is 0 Å². The summed E-state index contributed by atoms with van der Waals surface area (Å²) in [5.74, 6) is -3.06. The van der Waals surface area contributed by atoms with Crippen LogP contribution in [0, 0.1) is 12.8 Å². The number of hydrogen-bond donors (Lipinski definition) is 1. The number of carbonyl (C=O) groups excluding carboxylic acids is 1. The molecule has 1 N–H and O–H groups in total. The lowest BCUT2D eigenvalue weighted by atomic mass is 10.1. The number of carboxylic acids is 1. The van der Waals surface area contributed by atoms with E-state index in [-0.39, 0.29) is 6.42 Å². The van der Waals surface area contributed by atoms with E-state index < -0.39 is 17.9 Å². The zero-order valence-electron chi connectivity index (χ0n) is 5.66. The second-order valence-corrected chi connectivity index (χ2v) is 1.70. The van der Waals surface area contributed by atoms with Gasteiger partial charge in [0.1, 0.15) is 0 Å². The molecule has 0 saturated heterocycles. The molecule has 0 aliphatic heterocycles. The Bertz CT molecular complexity index is 141. The van der Waals surface area contributed by atoms with Crippen molar-refractivity contribution in [2.75, 3.05) is 7.11 Å². The largest absolute Gasteiger partial charge is 0.481 e. The van der Waals surface area contributed by atoms with E-state index in [1.54, 1.807) is 0 Å². The van der Waals surface area contributed by atoms with Crippen LogP contribution in [0.1, 0.15) is 6.42 Å². The summed E-state index contributed by atoms with van der Waals surface area (Å²) in [7, 11) is 1.15. The Morgan fingerprint density at radius 2 is 2.20 bits per heavy atom. The van der Waals surface area contributed by atoms with Crippen LogP contribution in [0.25, 0.3) is 0 Å². The molecule has 1 atom stereocenters. The minimum atomic E-state index is -1.19. The molecule has 0 aromatic carbocycles. The van der Waals surface area contributed by atoms with E-state index in [2.05, 4.69) is 11.7 Å². The van der Waals surface area contributed by atoms with Gasteiger partial charge in [0.2, 0.25) is 0 Å². The van der Waals surface area contributed by atoms with Gasteiger partial charge in [-0.05, 0) is 6.42 Å². The van der Waals surface area contributed by atoms with E-state index in [9.17, 15) is 9.59 Å². The summed E-state index contributed by atoms with van der Waals surface area (Å²) < 4.78 is 4.20. The quantitative estimate of drug-likeness (QED) is 0.451. The van der Waals surface area contributed by atoms with Crippen LogP contribution < -0.4 is 0 Å². The molecule has 0 saturated carbocycles. The van der Waals surface area contributed by atoms with Crippen molar-refractivity contribution in [3.8, 4) is 0 Å². The van der Waals surface area contributed by atoms with Gasteiger partial charge in [0.05, 0.1) is 7.11 Å². The van der Waals surface area contributed by atoms with E-state index in [4.69, 9.17) is 5.11 Å². The van der Waals surface area contributed by atoms with Gasteiger partial charge in [-0.2, -0.15) is 0 Å². The average Bonchev–Trinajstić information content (AvgIpc) is 1.88. The second-order valence-electron chi connectivity index (χ2n) is 1.70. The Balaban J connectivity index is 4.06. The zero-order chi connectivity index (χ0) is 8.15. The number of methoxy groups -OCH3 is 1. The van der Waals surface area contributed by atoms with Crippen LogP contribution in [0.5, 0.6) is 0 Å². The molecule has 0 amide bonds. The number of hydrogen-bond acceptors (Lipinski definition) is 3. The van der Waals surface area contributed by atoms with Crippen molar-refractivity contribution in [3.05, 3.63) is 6.92 Å². The molecule has 10 heavy (non-hydrogen) atoms. The number of carbonyl (C=O) groups is 2. The van der Waals surface area contributed by atoms with Crippen LogP contribution in [0.2, 0.25) is 0 Å². The van der Waals surface area contributed by atoms with E-state index in [1.807, 2.05) is 0 Å². The molecular weight excluding hydrogens is 136 g/mol. The fourth-order valence-electron chi connectivity index (χ4n) is 0.484. The van der Waals surface area contributed by atoms with Crippen LogP contribution in [0.3, 0.4) is 0 Å². The predicted molar refractivity (Wildman–Crippen MR) is 33.1 cm³/mol. The van der Waals surface area contributed by atoms with Crippen LogP contribution in [-0.4, -0.2) is 24.2 Å². The molecule has 0 aliphatic carbocycles. The summed E-state index contributed by atoms with van der Waals surface area (Å²) in [5, 5.41) is 8.33. The minimum Gasteiger partial charge on any atom is -0.481 e. The van der Waals surface area contributed by atoms with Gasteiger partial charge in [0.25, 0.3) is 0 Å². The van der Waals surface area contributed by atoms with E-state index in [0.717, 1.165) is 7.11 Å². The highest BCUT2D eigenvalue weighted by molar-refractivity contribution is 5.93. The lowest BCUT2D eigenvalue weighted by Crippen LogP contribution is -2.23. The Morgan fingerprint density at radius 3 is 2.30 bits per heavy atom. The van der Waals surface area contributed by atoms with Crippen LogP contribution in [0.15, 0.2) is 0 Å². The first-order chi connectivity index (χ1) is 4.63. The molecule has 57 valence electrons. The van der Waals surface area contributed by atoms with Gasteiger partial charge in [-0.1, -0.05) is 6.92 Å². The zero-order valence-corrected chi connectivity index (χ0v) is 5.66. The van der Waals surface area contributed by atoms with Gasteiger partial charge in [-0.25, -0.2) is 0 Å². The highest BCUT2D eigenvalue weighted by Gasteiger charge is 2.24. The second kappa shape index (κ2) is 3.87. The molecule has 0 rings (SSSR count). The molecule has 0 bridgehead atoms. The van der Waals surface area contributed by atoms with Gasteiger partial charge in [0.15, 0.2) is 5.92 Å². The van der Waals surface area contributed by atoms with Crippen molar-refractivity contribution in [1.82, 2.24) is 0 Å². The minimum absolute atomic E-state index is 0.0159. The van der Waals surface area contributed by atoms with Crippen LogP contribution in [0.4, 0.5) is 0 Å². The monoisotopic (exact) mass is 145 g/mol. The molecule has 0 spiro atoms. The van der Waals surface area contributed by atoms with E-state index in [1.165, 1.54) is 0 Å². The highest BCUT2D eigenvalue weighted by Crippen LogP contribution is 2.03. The molecule has 0 heterocycles. The molecule has 0 fully saturated rings. The molecule has 1 radical (unpaired) electrons. The Morgan fingerprint density at radius 1 is 1.70 bits per heavy atom. The third kappa shape index (κ3) is 2.05. The first-order valence-electron chi connectivity index (χ1n) is 2.73. The van der Waals surface area contributed by atoms with Crippen molar-refractivity contribution in [2.45, 2.75) is 6.42 Å². The Hall–Kier alpha value is -1.06. The van der Waals surface area contributed by atoms with Crippen LogP contribution >= 0.6 is 0 Å². The summed E-state index contributed by atoms with van der Waals surface area (Å²) in [6, 6.07) is 0. The predicted octanol–water partition coefficient (Wildman–Crippen LogP) is 0.0844. The lowest BCUT2D eigenvalue weighted by molar-refractivity contribution is -0.156. The molecule has 0 aliphatic rings. The SMILES string of the molecule is [CH2]CC(C(=O)O)C(=O)OC. The Kier molecular flexibility index (Phi) is 3.46. The smallest absolute Gasteiger partial charge is 0.320 e. The first kappa shape index (κ1) is 8.94. The first-order valence-corrected chi connectivity index (χ1v) is 2.73. The van der Waals surface area contributed by atoms with Crippen molar-refractivity contribution in [1.29, 1.82) is 0 Å². The third-order valence-electron chi connectivity index (χ3n) is 1.07. The number of carboxylic acid groups (broad SMARTS) is 1. The van der Waals surface area contributed by atoms with Crippen LogP contribution in [-0.2, 0) is 14.3 Å². The molecule has 4 nitrogen and oxygen atoms in total. The summed E-state index contributed by atoms with van der Waals surface area (Å²) in [6.45, 7) is 3.29. The maximum absolute atomic E-state index is 10.5. The highest BCUT2D eigenvalue weighted by atomic mass is 16.5. The number of ether oxygens (including phenoxy) is 1. The molecule has 0 aromatic heterocycles. The molecule has 4 heteroatoms. The Labute approximate surface area is 58.8 Å². The van der Waals surface area contributed by atoms with Crippen molar-refractivity contribution < 1.29 is 19.4 Å². The maximum atomic E-state index is 10.5. The fraction of sp³-hybridized carbons (Fsp3) is 0.500. The van der Waals surface area contributed by atoms with E-state index in [0.29, 0.717) is 0 Å². The van der Waals surface area contributed by atoms with Crippen molar-refractivity contribution >= 4 is 11.9 Å². The molecule has 0 aromatic rings.